The van der Waals surface area contributed by atoms with Gasteiger partial charge in [-0.05, 0) is 63.1 Å². The van der Waals surface area contributed by atoms with Gasteiger partial charge in [-0.2, -0.15) is 13.2 Å². The van der Waals surface area contributed by atoms with E-state index in [9.17, 15) is 31.2 Å². The van der Waals surface area contributed by atoms with E-state index in [2.05, 4.69) is 20.0 Å². The lowest BCUT2D eigenvalue weighted by Crippen LogP contribution is -2.46. The predicted molar refractivity (Wildman–Crippen MR) is 153 cm³/mol. The van der Waals surface area contributed by atoms with E-state index in [-0.39, 0.29) is 38.7 Å². The van der Waals surface area contributed by atoms with Gasteiger partial charge in [0.25, 0.3) is 0 Å². The first-order valence-corrected chi connectivity index (χ1v) is 15.3. The van der Waals surface area contributed by atoms with E-state index in [0.717, 1.165) is 30.1 Å². The van der Waals surface area contributed by atoms with E-state index >= 15 is 0 Å². The van der Waals surface area contributed by atoms with Crippen molar-refractivity contribution in [1.29, 1.82) is 0 Å². The number of benzene rings is 1. The maximum atomic E-state index is 13.6. The molecule has 4 rings (SSSR count). The van der Waals surface area contributed by atoms with Gasteiger partial charge in [-0.1, -0.05) is 34.5 Å². The maximum Gasteiger partial charge on any atom is 0.399 e. The monoisotopic (exact) mass is 664 g/mol. The second-order valence-electron chi connectivity index (χ2n) is 10.1. The molecule has 1 fully saturated rings. The van der Waals surface area contributed by atoms with Crippen LogP contribution in [0.3, 0.4) is 0 Å². The Morgan fingerprint density at radius 3 is 2.48 bits per heavy atom. The second kappa shape index (κ2) is 11.6. The molecule has 10 nitrogen and oxygen atoms in total. The van der Waals surface area contributed by atoms with Gasteiger partial charge in [0.05, 0.1) is 21.3 Å². The molecule has 1 aliphatic rings. The van der Waals surface area contributed by atoms with Crippen molar-refractivity contribution in [3.63, 3.8) is 0 Å². The number of anilines is 1. The number of nitrogens with zero attached hydrogens (tertiary/aromatic N) is 3. The van der Waals surface area contributed by atoms with Crippen LogP contribution >= 0.6 is 34.5 Å². The van der Waals surface area contributed by atoms with Crippen molar-refractivity contribution in [2.45, 2.75) is 55.8 Å². The highest BCUT2D eigenvalue weighted by Crippen LogP contribution is 2.41. The van der Waals surface area contributed by atoms with Crippen LogP contribution in [0.5, 0.6) is 0 Å². The molecule has 0 unspecified atom stereocenters. The average Bonchev–Trinajstić information content (AvgIpc) is 3.46. The third-order valence-corrected chi connectivity index (χ3v) is 10.1. The van der Waals surface area contributed by atoms with E-state index in [1.807, 2.05) is 0 Å². The zero-order chi connectivity index (χ0) is 31.2. The summed E-state index contributed by atoms with van der Waals surface area (Å²) in [6, 6.07) is 3.96. The average molecular weight is 666 g/mol. The minimum absolute atomic E-state index is 0.0931. The molecule has 1 saturated heterocycles. The summed E-state index contributed by atoms with van der Waals surface area (Å²) in [6.07, 6.45) is -3.35. The van der Waals surface area contributed by atoms with Crippen LogP contribution in [-0.4, -0.2) is 60.0 Å². The van der Waals surface area contributed by atoms with Crippen LogP contribution in [0.1, 0.15) is 31.7 Å². The number of carbonyl (C=O) groups excluding carboxylic acids is 2. The number of hydrogen-bond donors (Lipinski definition) is 3. The van der Waals surface area contributed by atoms with Gasteiger partial charge >= 0.3 is 12.2 Å². The van der Waals surface area contributed by atoms with Crippen LogP contribution in [0, 0.1) is 6.92 Å². The lowest BCUT2D eigenvalue weighted by molar-refractivity contribution is -0.181. The molecule has 0 radical (unpaired) electrons. The lowest BCUT2D eigenvalue weighted by atomic mass is 9.87. The van der Waals surface area contributed by atoms with Gasteiger partial charge in [0.2, 0.25) is 15.9 Å². The summed E-state index contributed by atoms with van der Waals surface area (Å²) in [4.78, 5) is 34.9. The summed E-state index contributed by atoms with van der Waals surface area (Å²) in [5, 5.41) is 2.83. The van der Waals surface area contributed by atoms with Crippen molar-refractivity contribution in [2.24, 2.45) is 5.73 Å². The number of primary amides is 1. The molecule has 0 spiro atoms. The Balaban J connectivity index is 1.52. The molecular formula is C25H25Cl2F3N6O4S2. The topological polar surface area (TPSA) is 147 Å². The molecular weight excluding hydrogens is 640 g/mol. The number of aromatic nitrogens is 2. The van der Waals surface area contributed by atoms with Crippen molar-refractivity contribution in [3.8, 4) is 10.4 Å². The quantitative estimate of drug-likeness (QED) is 0.320. The van der Waals surface area contributed by atoms with E-state index in [4.69, 9.17) is 28.9 Å². The third-order valence-electron chi connectivity index (χ3n) is 6.78. The number of urea groups is 1. The molecule has 0 bridgehead atoms. The molecule has 226 valence electrons. The number of pyridine rings is 1. The highest BCUT2D eigenvalue weighted by Gasteiger charge is 2.49. The molecule has 3 aromatic rings. The SMILES string of the molecule is Cc1nc(NC(=O)N2C[C@H](NS(=O)(=O)c3ccc(Cl)cc3Cl)C[C@H]2C(N)=O)sc1-c1ccnc(C(C)(C)C(F)(F)F)c1. The number of amides is 3. The van der Waals surface area contributed by atoms with Crippen molar-refractivity contribution >= 4 is 61.6 Å². The largest absolute Gasteiger partial charge is 0.399 e. The van der Waals surface area contributed by atoms with Crippen molar-refractivity contribution in [2.75, 3.05) is 11.9 Å². The van der Waals surface area contributed by atoms with E-state index in [1.54, 1.807) is 6.92 Å². The number of thiazole rings is 1. The summed E-state index contributed by atoms with van der Waals surface area (Å²) < 4.78 is 69.0. The molecule has 2 atom stereocenters. The standard InChI is InChI=1S/C25H25Cl2F3N6O4S2/c1-12-20(13-6-7-32-19(8-13)24(2,3)25(28,29)30)41-22(33-12)34-23(38)36-11-15(10-17(36)21(31)37)35-42(39,40)18-5-4-14(26)9-16(18)27/h4-9,15,17,35H,10-11H2,1-3H3,(H2,31,37)(H,33,34,38)/t15-,17+/m1/s1. The zero-order valence-corrected chi connectivity index (χ0v) is 25.4. The molecule has 0 saturated carbocycles. The fourth-order valence-electron chi connectivity index (χ4n) is 4.33. The van der Waals surface area contributed by atoms with Crippen LogP contribution in [-0.2, 0) is 20.2 Å². The third kappa shape index (κ3) is 6.49. The number of nitrogens with two attached hydrogens (primary N) is 1. The van der Waals surface area contributed by atoms with E-state index < -0.39 is 45.6 Å². The molecule has 3 heterocycles. The molecule has 0 aliphatic carbocycles. The minimum atomic E-state index is -4.53. The number of hydrogen-bond acceptors (Lipinski definition) is 7. The molecule has 2 aromatic heterocycles. The summed E-state index contributed by atoms with van der Waals surface area (Å²) in [6.45, 7) is 3.51. The van der Waals surface area contributed by atoms with Gasteiger partial charge in [0, 0.05) is 23.8 Å². The second-order valence-corrected chi connectivity index (χ2v) is 13.6. The van der Waals surface area contributed by atoms with E-state index in [0.29, 0.717) is 16.1 Å². The number of rotatable bonds is 7. The fraction of sp³-hybridized carbons (Fsp3) is 0.360. The Bertz CT molecular complexity index is 1650. The van der Waals surface area contributed by atoms with Crippen LogP contribution < -0.4 is 15.8 Å². The van der Waals surface area contributed by atoms with Crippen LogP contribution in [0.4, 0.5) is 23.1 Å². The number of carbonyl (C=O) groups is 2. The van der Waals surface area contributed by atoms with Crippen LogP contribution in [0.25, 0.3) is 10.4 Å². The van der Waals surface area contributed by atoms with Gasteiger partial charge in [-0.25, -0.2) is 22.9 Å². The first-order chi connectivity index (χ1) is 19.4. The summed E-state index contributed by atoms with van der Waals surface area (Å²) in [7, 11) is -4.14. The molecule has 1 aromatic carbocycles. The first kappa shape index (κ1) is 31.9. The molecule has 42 heavy (non-hydrogen) atoms. The van der Waals surface area contributed by atoms with E-state index in [1.165, 1.54) is 36.5 Å². The smallest absolute Gasteiger partial charge is 0.368 e. The van der Waals surface area contributed by atoms with Crippen LogP contribution in [0.15, 0.2) is 41.4 Å². The number of halogens is 5. The lowest BCUT2D eigenvalue weighted by Gasteiger charge is -2.27. The number of aryl methyl sites for hydroxylation is 1. The first-order valence-electron chi connectivity index (χ1n) is 12.3. The highest BCUT2D eigenvalue weighted by molar-refractivity contribution is 7.89. The summed E-state index contributed by atoms with van der Waals surface area (Å²) in [5.74, 6) is -0.844. The molecule has 4 N–H and O–H groups in total. The number of alkyl halides is 3. The zero-order valence-electron chi connectivity index (χ0n) is 22.3. The van der Waals surface area contributed by atoms with Gasteiger partial charge in [0.1, 0.15) is 16.4 Å². The van der Waals surface area contributed by atoms with Gasteiger partial charge in [0.15, 0.2) is 5.13 Å². The summed E-state index contributed by atoms with van der Waals surface area (Å²) >= 11 is 12.9. The number of nitrogens with one attached hydrogen (secondary N) is 2. The Labute approximate surface area is 253 Å². The Kier molecular flexibility index (Phi) is 8.82. The normalized spacial score (nSPS) is 17.9. The number of likely N-dealkylation sites (tertiary alicyclic amines) is 1. The van der Waals surface area contributed by atoms with Gasteiger partial charge in [-0.3, -0.25) is 15.1 Å². The molecule has 3 amide bonds. The fourth-order valence-corrected chi connectivity index (χ4v) is 7.30. The van der Waals surface area contributed by atoms with Crippen LogP contribution in [0.2, 0.25) is 10.0 Å². The minimum Gasteiger partial charge on any atom is -0.368 e. The Hall–Kier alpha value is -2.98. The van der Waals surface area contributed by atoms with Gasteiger partial charge in [-0.15, -0.1) is 0 Å². The van der Waals surface area contributed by atoms with Crippen molar-refractivity contribution in [3.05, 3.63) is 58.0 Å². The van der Waals surface area contributed by atoms with Crippen molar-refractivity contribution in [1.82, 2.24) is 19.6 Å². The predicted octanol–water partition coefficient (Wildman–Crippen LogP) is 5.10. The summed E-state index contributed by atoms with van der Waals surface area (Å²) in [5.41, 5.74) is 4.00. The van der Waals surface area contributed by atoms with Gasteiger partial charge < -0.3 is 10.6 Å². The highest BCUT2D eigenvalue weighted by atomic mass is 35.5. The number of sulfonamides is 1. The van der Waals surface area contributed by atoms with Crippen molar-refractivity contribution < 1.29 is 31.2 Å². The Morgan fingerprint density at radius 2 is 1.86 bits per heavy atom. The maximum absolute atomic E-state index is 13.6. The molecule has 1 aliphatic heterocycles. The molecule has 17 heteroatoms. The Morgan fingerprint density at radius 1 is 1.17 bits per heavy atom.